The minimum Gasteiger partial charge on any atom is -0.324 e. The zero-order valence-electron chi connectivity index (χ0n) is 13.6. The van der Waals surface area contributed by atoms with Crippen LogP contribution < -0.4 is 10.2 Å². The zero-order chi connectivity index (χ0) is 16.4. The smallest absolute Gasteiger partial charge is 0.279 e. The Bertz CT molecular complexity index is 589. The molecule has 1 aromatic rings. The largest absolute Gasteiger partial charge is 0.324 e. The summed E-state index contributed by atoms with van der Waals surface area (Å²) in [5.41, 5.74) is 1.47. The molecule has 1 aliphatic carbocycles. The van der Waals surface area contributed by atoms with Gasteiger partial charge >= 0.3 is 0 Å². The molecule has 1 aromatic carbocycles. The standard InChI is InChI=1S/C18H24Cl2N2O/c1-12-8-9-14(19)18(17(12)20)21-16(23)11-22-10-4-6-13-5-2-3-7-15(13)22/h8-9,13,15H,2-7,10-11H2,1H3,(H,21,23)/p+1/t13-,15-/m0/s1. The first-order chi connectivity index (χ1) is 11.1. The molecule has 0 aromatic heterocycles. The number of carbonyl (C=O) groups is 1. The van der Waals surface area contributed by atoms with Crippen LogP contribution >= 0.6 is 23.2 Å². The van der Waals surface area contributed by atoms with Gasteiger partial charge in [-0.25, -0.2) is 0 Å². The highest BCUT2D eigenvalue weighted by Gasteiger charge is 2.37. The lowest BCUT2D eigenvalue weighted by Gasteiger charge is -2.40. The summed E-state index contributed by atoms with van der Waals surface area (Å²) >= 11 is 12.5. The van der Waals surface area contributed by atoms with E-state index < -0.39 is 0 Å². The maximum Gasteiger partial charge on any atom is 0.279 e. The van der Waals surface area contributed by atoms with Gasteiger partial charge in [0.15, 0.2) is 6.54 Å². The first kappa shape index (κ1) is 17.1. The first-order valence-corrected chi connectivity index (χ1v) is 9.41. The predicted molar refractivity (Wildman–Crippen MR) is 95.5 cm³/mol. The van der Waals surface area contributed by atoms with Crippen LogP contribution in [-0.2, 0) is 4.79 Å². The van der Waals surface area contributed by atoms with E-state index in [2.05, 4.69) is 5.32 Å². The Balaban J connectivity index is 1.66. The Kier molecular flexibility index (Phi) is 5.50. The van der Waals surface area contributed by atoms with Gasteiger partial charge in [0.1, 0.15) is 0 Å². The lowest BCUT2D eigenvalue weighted by molar-refractivity contribution is -0.928. The van der Waals surface area contributed by atoms with Crippen LogP contribution in [0.25, 0.3) is 0 Å². The van der Waals surface area contributed by atoms with Crippen molar-refractivity contribution in [3.05, 3.63) is 27.7 Å². The maximum absolute atomic E-state index is 12.5. The highest BCUT2D eigenvalue weighted by molar-refractivity contribution is 6.40. The van der Waals surface area contributed by atoms with E-state index in [4.69, 9.17) is 23.2 Å². The molecule has 1 aliphatic heterocycles. The van der Waals surface area contributed by atoms with Crippen molar-refractivity contribution in [3.8, 4) is 0 Å². The second-order valence-electron chi connectivity index (χ2n) is 6.98. The fraction of sp³-hybridized carbons (Fsp3) is 0.611. The van der Waals surface area contributed by atoms with Crippen LogP contribution in [0.2, 0.25) is 10.0 Å². The van der Waals surface area contributed by atoms with E-state index >= 15 is 0 Å². The predicted octanol–water partition coefficient (Wildman–Crippen LogP) is 3.48. The van der Waals surface area contributed by atoms with Gasteiger partial charge in [-0.1, -0.05) is 35.7 Å². The van der Waals surface area contributed by atoms with Crippen molar-refractivity contribution in [1.82, 2.24) is 0 Å². The summed E-state index contributed by atoms with van der Waals surface area (Å²) in [4.78, 5) is 14.0. The summed E-state index contributed by atoms with van der Waals surface area (Å²) in [5, 5.41) is 3.97. The molecule has 0 spiro atoms. The first-order valence-electron chi connectivity index (χ1n) is 8.65. The molecule has 2 aliphatic rings. The number of piperidine rings is 1. The van der Waals surface area contributed by atoms with Gasteiger partial charge in [0, 0.05) is 5.92 Å². The molecule has 3 atom stereocenters. The molecule has 2 fully saturated rings. The Morgan fingerprint density at radius 3 is 2.78 bits per heavy atom. The Morgan fingerprint density at radius 2 is 1.96 bits per heavy atom. The zero-order valence-corrected chi connectivity index (χ0v) is 15.1. The number of anilines is 1. The van der Waals surface area contributed by atoms with Gasteiger partial charge in [-0.2, -0.15) is 0 Å². The number of nitrogens with one attached hydrogen (secondary N) is 2. The molecule has 2 N–H and O–H groups in total. The van der Waals surface area contributed by atoms with Crippen molar-refractivity contribution >= 4 is 34.8 Å². The third-order valence-corrected chi connectivity index (χ3v) is 6.24. The van der Waals surface area contributed by atoms with Crippen molar-refractivity contribution in [3.63, 3.8) is 0 Å². The Morgan fingerprint density at radius 1 is 1.22 bits per heavy atom. The van der Waals surface area contributed by atoms with E-state index in [0.717, 1.165) is 18.0 Å². The Labute approximate surface area is 148 Å². The number of likely N-dealkylation sites (tertiary alicyclic amines) is 1. The van der Waals surface area contributed by atoms with Gasteiger partial charge in [-0.05, 0) is 50.7 Å². The molecule has 1 heterocycles. The van der Waals surface area contributed by atoms with Crippen LogP contribution in [0, 0.1) is 12.8 Å². The summed E-state index contributed by atoms with van der Waals surface area (Å²) in [6, 6.07) is 4.30. The molecule has 1 saturated heterocycles. The number of aryl methyl sites for hydroxylation is 1. The number of quaternary nitrogens is 1. The molecular weight excluding hydrogens is 331 g/mol. The van der Waals surface area contributed by atoms with Gasteiger partial charge in [0.2, 0.25) is 0 Å². The van der Waals surface area contributed by atoms with Crippen LogP contribution in [-0.4, -0.2) is 25.0 Å². The highest BCUT2D eigenvalue weighted by atomic mass is 35.5. The molecule has 23 heavy (non-hydrogen) atoms. The summed E-state index contributed by atoms with van der Waals surface area (Å²) in [7, 11) is 0. The van der Waals surface area contributed by atoms with Crippen molar-refractivity contribution < 1.29 is 9.69 Å². The van der Waals surface area contributed by atoms with Gasteiger partial charge in [-0.3, -0.25) is 4.79 Å². The van der Waals surface area contributed by atoms with E-state index in [-0.39, 0.29) is 5.91 Å². The maximum atomic E-state index is 12.5. The van der Waals surface area contributed by atoms with Crippen LogP contribution in [0.15, 0.2) is 12.1 Å². The fourth-order valence-electron chi connectivity index (χ4n) is 4.25. The number of fused-ring (bicyclic) bond motifs is 1. The van der Waals surface area contributed by atoms with Crippen LogP contribution in [0.3, 0.4) is 0 Å². The van der Waals surface area contributed by atoms with E-state index in [1.807, 2.05) is 13.0 Å². The molecule has 0 radical (unpaired) electrons. The van der Waals surface area contributed by atoms with E-state index in [0.29, 0.717) is 28.3 Å². The topological polar surface area (TPSA) is 33.5 Å². The third-order valence-electron chi connectivity index (χ3n) is 5.44. The number of carbonyl (C=O) groups excluding carboxylic acids is 1. The SMILES string of the molecule is Cc1ccc(Cl)c(NC(=O)C[NH+]2CCC[C@@H]3CCCC[C@@H]32)c1Cl. The summed E-state index contributed by atoms with van der Waals surface area (Å²) < 4.78 is 0. The van der Waals surface area contributed by atoms with Crippen molar-refractivity contribution in [2.24, 2.45) is 5.92 Å². The number of hydrogen-bond acceptors (Lipinski definition) is 1. The van der Waals surface area contributed by atoms with Crippen molar-refractivity contribution in [1.29, 1.82) is 0 Å². The quantitative estimate of drug-likeness (QED) is 0.854. The number of halogens is 2. The van der Waals surface area contributed by atoms with Gasteiger partial charge in [-0.15, -0.1) is 0 Å². The normalized spacial score (nSPS) is 27.3. The summed E-state index contributed by atoms with van der Waals surface area (Å²) in [6.45, 7) is 3.53. The fourth-order valence-corrected chi connectivity index (χ4v) is 4.71. The van der Waals surface area contributed by atoms with Crippen LogP contribution in [0.4, 0.5) is 5.69 Å². The number of benzene rings is 1. The second-order valence-corrected chi connectivity index (χ2v) is 7.76. The average Bonchev–Trinajstić information content (AvgIpc) is 2.55. The van der Waals surface area contributed by atoms with Crippen molar-refractivity contribution in [2.75, 3.05) is 18.4 Å². The summed E-state index contributed by atoms with van der Waals surface area (Å²) in [5.74, 6) is 0.826. The molecule has 1 unspecified atom stereocenters. The molecule has 1 amide bonds. The average molecular weight is 356 g/mol. The Hall–Kier alpha value is -0.770. The third kappa shape index (κ3) is 3.84. The van der Waals surface area contributed by atoms with E-state index in [1.54, 1.807) is 6.07 Å². The van der Waals surface area contributed by atoms with E-state index in [1.165, 1.54) is 43.4 Å². The molecule has 3 rings (SSSR count). The highest BCUT2D eigenvalue weighted by Crippen LogP contribution is 2.33. The van der Waals surface area contributed by atoms with Gasteiger partial charge in [0.25, 0.3) is 5.91 Å². The molecular formula is C18H25Cl2N2O+. The van der Waals surface area contributed by atoms with Crippen LogP contribution in [0.1, 0.15) is 44.1 Å². The lowest BCUT2D eigenvalue weighted by atomic mass is 9.78. The number of hydrogen-bond donors (Lipinski definition) is 2. The van der Waals surface area contributed by atoms with Gasteiger partial charge in [0.05, 0.1) is 28.3 Å². The van der Waals surface area contributed by atoms with Crippen LogP contribution in [0.5, 0.6) is 0 Å². The minimum atomic E-state index is 0.0145. The summed E-state index contributed by atoms with van der Waals surface area (Å²) in [6.07, 6.45) is 7.84. The van der Waals surface area contributed by atoms with Crippen molar-refractivity contribution in [2.45, 2.75) is 51.5 Å². The lowest BCUT2D eigenvalue weighted by Crippen LogP contribution is -3.18. The number of amides is 1. The number of rotatable bonds is 3. The molecule has 3 nitrogen and oxygen atoms in total. The second kappa shape index (κ2) is 7.42. The molecule has 0 bridgehead atoms. The van der Waals surface area contributed by atoms with Gasteiger partial charge < -0.3 is 10.2 Å². The van der Waals surface area contributed by atoms with E-state index in [9.17, 15) is 4.79 Å². The molecule has 1 saturated carbocycles. The molecule has 126 valence electrons. The minimum absolute atomic E-state index is 0.0145. The monoisotopic (exact) mass is 355 g/mol. The molecule has 5 heteroatoms.